The second-order valence-electron chi connectivity index (χ2n) is 6.42. The summed E-state index contributed by atoms with van der Waals surface area (Å²) >= 11 is 5.91. The second kappa shape index (κ2) is 7.28. The Bertz CT molecular complexity index is 1260. The molecule has 3 N–H and O–H groups in total. The average molecular weight is 409 g/mol. The van der Waals surface area contributed by atoms with Gasteiger partial charge in [-0.3, -0.25) is 0 Å². The van der Waals surface area contributed by atoms with Crippen LogP contribution < -0.4 is 5.14 Å². The third kappa shape index (κ3) is 3.73. The molecular formula is C22H17ClN2O2S. The molecule has 0 radical (unpaired) electrons. The van der Waals surface area contributed by atoms with E-state index in [0.717, 1.165) is 16.5 Å². The highest BCUT2D eigenvalue weighted by molar-refractivity contribution is 7.89. The Labute approximate surface area is 168 Å². The van der Waals surface area contributed by atoms with Gasteiger partial charge in [0.05, 0.1) is 4.90 Å². The molecule has 0 saturated heterocycles. The van der Waals surface area contributed by atoms with E-state index in [1.165, 1.54) is 0 Å². The van der Waals surface area contributed by atoms with Crippen molar-refractivity contribution in [3.8, 4) is 11.3 Å². The van der Waals surface area contributed by atoms with Gasteiger partial charge in [0.15, 0.2) is 0 Å². The predicted octanol–water partition coefficient (Wildman–Crippen LogP) is 5.31. The maximum absolute atomic E-state index is 12.4. The van der Waals surface area contributed by atoms with Crippen LogP contribution in [0.2, 0.25) is 5.02 Å². The lowest BCUT2D eigenvalue weighted by molar-refractivity contribution is 0.598. The Balaban J connectivity index is 1.86. The molecule has 0 unspecified atom stereocenters. The fourth-order valence-electron chi connectivity index (χ4n) is 3.19. The molecule has 3 aromatic carbocycles. The van der Waals surface area contributed by atoms with Crippen LogP contribution in [0, 0.1) is 0 Å². The summed E-state index contributed by atoms with van der Waals surface area (Å²) < 4.78 is 24.9. The number of benzene rings is 3. The summed E-state index contributed by atoms with van der Waals surface area (Å²) in [5, 5.41) is 7.23. The van der Waals surface area contributed by atoms with Crippen molar-refractivity contribution in [3.05, 3.63) is 88.9 Å². The number of aromatic amines is 1. The van der Waals surface area contributed by atoms with Crippen molar-refractivity contribution in [2.24, 2.45) is 5.14 Å². The van der Waals surface area contributed by atoms with Gasteiger partial charge in [0.2, 0.25) is 10.0 Å². The number of hydrogen-bond donors (Lipinski definition) is 2. The van der Waals surface area contributed by atoms with E-state index in [4.69, 9.17) is 16.7 Å². The van der Waals surface area contributed by atoms with Gasteiger partial charge in [-0.15, -0.1) is 0 Å². The predicted molar refractivity (Wildman–Crippen MR) is 115 cm³/mol. The van der Waals surface area contributed by atoms with E-state index in [1.54, 1.807) is 30.3 Å². The molecule has 0 aliphatic heterocycles. The molecule has 1 aromatic heterocycles. The van der Waals surface area contributed by atoms with Gasteiger partial charge in [-0.25, -0.2) is 13.6 Å². The van der Waals surface area contributed by atoms with E-state index in [1.807, 2.05) is 54.6 Å². The largest absolute Gasteiger partial charge is 0.354 e. The molecule has 0 saturated carbocycles. The van der Waals surface area contributed by atoms with E-state index < -0.39 is 10.0 Å². The molecule has 0 atom stereocenters. The zero-order chi connectivity index (χ0) is 19.7. The molecule has 0 aliphatic carbocycles. The lowest BCUT2D eigenvalue weighted by Crippen LogP contribution is -2.15. The maximum Gasteiger partial charge on any atom is 0.239 e. The van der Waals surface area contributed by atoms with E-state index in [0.29, 0.717) is 21.8 Å². The second-order valence-corrected chi connectivity index (χ2v) is 8.36. The topological polar surface area (TPSA) is 76.0 Å². The standard InChI is InChI=1S/C22H17ClN2O2S/c23-18-12-9-15(10-13-18)8-11-16-5-3-6-19(22(16)28(24,26)27)21-14-17-4-1-2-7-20(17)25-21/h1-14,25H,(H2,24,26,27). The molecule has 0 fully saturated rings. The first kappa shape index (κ1) is 18.5. The average Bonchev–Trinajstić information content (AvgIpc) is 3.10. The SMILES string of the molecule is NS(=O)(=O)c1c(C=Cc2ccc(Cl)cc2)cccc1-c1cc2ccccc2[nH]1. The number of fused-ring (bicyclic) bond motifs is 1. The summed E-state index contributed by atoms with van der Waals surface area (Å²) in [6.45, 7) is 0. The number of sulfonamides is 1. The van der Waals surface area contributed by atoms with Crippen molar-refractivity contribution in [2.75, 3.05) is 0 Å². The lowest BCUT2D eigenvalue weighted by atomic mass is 10.1. The van der Waals surface area contributed by atoms with Crippen molar-refractivity contribution < 1.29 is 8.42 Å². The number of hydrogen-bond acceptors (Lipinski definition) is 2. The van der Waals surface area contributed by atoms with Crippen LogP contribution in [-0.4, -0.2) is 13.4 Å². The Morgan fingerprint density at radius 3 is 2.36 bits per heavy atom. The molecule has 140 valence electrons. The van der Waals surface area contributed by atoms with E-state index in [9.17, 15) is 8.42 Å². The fourth-order valence-corrected chi connectivity index (χ4v) is 4.27. The van der Waals surface area contributed by atoms with Crippen LogP contribution >= 0.6 is 11.6 Å². The zero-order valence-electron chi connectivity index (χ0n) is 14.8. The number of aromatic nitrogens is 1. The Morgan fingerprint density at radius 2 is 1.64 bits per heavy atom. The highest BCUT2D eigenvalue weighted by atomic mass is 35.5. The smallest absolute Gasteiger partial charge is 0.239 e. The molecule has 4 rings (SSSR count). The lowest BCUT2D eigenvalue weighted by Gasteiger charge is -2.10. The first-order valence-electron chi connectivity index (χ1n) is 8.59. The summed E-state index contributed by atoms with van der Waals surface area (Å²) in [5.41, 5.74) is 3.60. The highest BCUT2D eigenvalue weighted by Crippen LogP contribution is 2.32. The van der Waals surface area contributed by atoms with Crippen LogP contribution in [0.4, 0.5) is 0 Å². The normalized spacial score (nSPS) is 12.1. The Morgan fingerprint density at radius 1 is 0.893 bits per heavy atom. The molecule has 6 heteroatoms. The minimum Gasteiger partial charge on any atom is -0.354 e. The van der Waals surface area contributed by atoms with Crippen LogP contribution in [0.25, 0.3) is 34.3 Å². The van der Waals surface area contributed by atoms with Gasteiger partial charge >= 0.3 is 0 Å². The minimum absolute atomic E-state index is 0.0896. The van der Waals surface area contributed by atoms with Crippen LogP contribution in [-0.2, 0) is 10.0 Å². The molecular weight excluding hydrogens is 392 g/mol. The highest BCUT2D eigenvalue weighted by Gasteiger charge is 2.20. The molecule has 0 aliphatic rings. The van der Waals surface area contributed by atoms with E-state index >= 15 is 0 Å². The molecule has 28 heavy (non-hydrogen) atoms. The van der Waals surface area contributed by atoms with Crippen LogP contribution in [0.15, 0.2) is 77.7 Å². The van der Waals surface area contributed by atoms with Crippen molar-refractivity contribution >= 4 is 44.7 Å². The van der Waals surface area contributed by atoms with Gasteiger partial charge < -0.3 is 4.98 Å². The van der Waals surface area contributed by atoms with Crippen LogP contribution in [0.3, 0.4) is 0 Å². The number of nitrogens with one attached hydrogen (secondary N) is 1. The molecule has 0 amide bonds. The number of rotatable bonds is 4. The Hall–Kier alpha value is -2.86. The van der Waals surface area contributed by atoms with Crippen molar-refractivity contribution in [1.82, 2.24) is 4.98 Å². The van der Waals surface area contributed by atoms with Crippen LogP contribution in [0.1, 0.15) is 11.1 Å². The number of H-pyrrole nitrogens is 1. The molecule has 1 heterocycles. The first-order valence-corrected chi connectivity index (χ1v) is 10.5. The number of halogens is 1. The van der Waals surface area contributed by atoms with Crippen molar-refractivity contribution in [2.45, 2.75) is 4.90 Å². The zero-order valence-corrected chi connectivity index (χ0v) is 16.3. The van der Waals surface area contributed by atoms with Crippen LogP contribution in [0.5, 0.6) is 0 Å². The number of para-hydroxylation sites is 1. The van der Waals surface area contributed by atoms with Gasteiger partial charge in [0, 0.05) is 27.2 Å². The summed E-state index contributed by atoms with van der Waals surface area (Å²) in [6.07, 6.45) is 3.57. The minimum atomic E-state index is -3.95. The van der Waals surface area contributed by atoms with Gasteiger partial charge in [0.1, 0.15) is 0 Å². The van der Waals surface area contributed by atoms with Gasteiger partial charge in [0.25, 0.3) is 0 Å². The van der Waals surface area contributed by atoms with Crippen molar-refractivity contribution in [1.29, 1.82) is 0 Å². The molecule has 4 nitrogen and oxygen atoms in total. The quantitative estimate of drug-likeness (QED) is 0.449. The maximum atomic E-state index is 12.4. The number of primary sulfonamides is 1. The first-order chi connectivity index (χ1) is 13.4. The monoisotopic (exact) mass is 408 g/mol. The summed E-state index contributed by atoms with van der Waals surface area (Å²) in [7, 11) is -3.95. The summed E-state index contributed by atoms with van der Waals surface area (Å²) in [4.78, 5) is 3.36. The summed E-state index contributed by atoms with van der Waals surface area (Å²) in [6, 6.07) is 22.3. The van der Waals surface area contributed by atoms with Gasteiger partial charge in [-0.2, -0.15) is 0 Å². The van der Waals surface area contributed by atoms with Gasteiger partial charge in [-0.05, 0) is 35.4 Å². The molecule has 0 spiro atoms. The molecule has 4 aromatic rings. The van der Waals surface area contributed by atoms with E-state index in [2.05, 4.69) is 4.98 Å². The fraction of sp³-hybridized carbons (Fsp3) is 0. The third-order valence-electron chi connectivity index (χ3n) is 4.48. The van der Waals surface area contributed by atoms with E-state index in [-0.39, 0.29) is 4.90 Å². The number of nitrogens with two attached hydrogens (primary N) is 1. The summed E-state index contributed by atoms with van der Waals surface area (Å²) in [5.74, 6) is 0. The Kier molecular flexibility index (Phi) is 4.81. The molecule has 0 bridgehead atoms. The van der Waals surface area contributed by atoms with Crippen molar-refractivity contribution in [3.63, 3.8) is 0 Å². The third-order valence-corrected chi connectivity index (χ3v) is 5.75. The van der Waals surface area contributed by atoms with Gasteiger partial charge in [-0.1, -0.05) is 72.3 Å².